The largest absolute Gasteiger partial charge is 0.354 e. The summed E-state index contributed by atoms with van der Waals surface area (Å²) in [6.07, 6.45) is 3.83. The Morgan fingerprint density at radius 1 is 1.37 bits per heavy atom. The second kappa shape index (κ2) is 12.6. The summed E-state index contributed by atoms with van der Waals surface area (Å²) in [7, 11) is 0. The van der Waals surface area contributed by atoms with Crippen molar-refractivity contribution in [1.29, 1.82) is 0 Å². The van der Waals surface area contributed by atoms with Gasteiger partial charge in [-0.2, -0.15) is 11.8 Å². The Morgan fingerprint density at radius 2 is 2.00 bits per heavy atom. The molecule has 0 aromatic rings. The van der Waals surface area contributed by atoms with Crippen molar-refractivity contribution in [2.75, 3.05) is 18.6 Å². The molecule has 4 N–H and O–H groups in total. The minimum absolute atomic E-state index is 0. The van der Waals surface area contributed by atoms with Crippen LogP contribution in [0.4, 0.5) is 0 Å². The van der Waals surface area contributed by atoms with Crippen molar-refractivity contribution in [3.8, 4) is 0 Å². The molecule has 0 aliphatic rings. The number of hydrogen-bond donors (Lipinski definition) is 3. The molecule has 0 fully saturated rings. The smallest absolute Gasteiger partial charge is 0.236 e. The molecule has 0 rings (SSSR count). The number of carbonyl (C=O) groups excluding carboxylic acids is 2. The van der Waals surface area contributed by atoms with Crippen LogP contribution in [0.3, 0.4) is 0 Å². The maximum Gasteiger partial charge on any atom is 0.236 e. The van der Waals surface area contributed by atoms with Gasteiger partial charge in [-0.15, -0.1) is 12.4 Å². The molecule has 0 aliphatic carbocycles. The predicted molar refractivity (Wildman–Crippen MR) is 83.7 cm³/mol. The first-order valence-corrected chi connectivity index (χ1v) is 7.72. The molecule has 0 radical (unpaired) electrons. The van der Waals surface area contributed by atoms with Crippen LogP contribution < -0.4 is 16.4 Å². The molecule has 0 heterocycles. The van der Waals surface area contributed by atoms with Gasteiger partial charge in [-0.05, 0) is 31.8 Å². The van der Waals surface area contributed by atoms with Gasteiger partial charge in [-0.3, -0.25) is 9.59 Å². The quantitative estimate of drug-likeness (QED) is 0.591. The van der Waals surface area contributed by atoms with Gasteiger partial charge in [-0.25, -0.2) is 0 Å². The Kier molecular flexibility index (Phi) is 13.8. The van der Waals surface area contributed by atoms with Crippen molar-refractivity contribution in [2.45, 2.75) is 45.2 Å². The van der Waals surface area contributed by atoms with E-state index in [9.17, 15) is 9.59 Å². The third-order valence-electron chi connectivity index (χ3n) is 2.64. The number of amides is 2. The average Bonchev–Trinajstić information content (AvgIpc) is 2.35. The number of nitrogens with two attached hydrogens (primary N) is 1. The lowest BCUT2D eigenvalue weighted by Gasteiger charge is -2.13. The van der Waals surface area contributed by atoms with E-state index in [1.807, 2.05) is 20.1 Å². The van der Waals surface area contributed by atoms with Crippen molar-refractivity contribution in [2.24, 2.45) is 5.73 Å². The van der Waals surface area contributed by atoms with E-state index in [0.717, 1.165) is 12.2 Å². The molecule has 0 saturated heterocycles. The Bertz CT molecular complexity index is 267. The van der Waals surface area contributed by atoms with Crippen LogP contribution in [0.2, 0.25) is 0 Å². The van der Waals surface area contributed by atoms with Crippen molar-refractivity contribution in [3.63, 3.8) is 0 Å². The fourth-order valence-corrected chi connectivity index (χ4v) is 1.74. The monoisotopic (exact) mass is 311 g/mol. The maximum absolute atomic E-state index is 11.5. The Balaban J connectivity index is 0. The molecule has 114 valence electrons. The summed E-state index contributed by atoms with van der Waals surface area (Å²) < 4.78 is 0. The van der Waals surface area contributed by atoms with Gasteiger partial charge in [0.1, 0.15) is 0 Å². The maximum atomic E-state index is 11.5. The number of halogens is 1. The van der Waals surface area contributed by atoms with Gasteiger partial charge in [0.15, 0.2) is 0 Å². The molecule has 7 heteroatoms. The zero-order valence-corrected chi connectivity index (χ0v) is 13.5. The van der Waals surface area contributed by atoms with Crippen LogP contribution in [0.1, 0.15) is 33.1 Å². The van der Waals surface area contributed by atoms with Crippen LogP contribution in [-0.2, 0) is 9.59 Å². The summed E-state index contributed by atoms with van der Waals surface area (Å²) >= 11 is 1.66. The van der Waals surface area contributed by atoms with E-state index in [1.165, 1.54) is 0 Å². The first-order chi connectivity index (χ1) is 8.51. The number of thioether (sulfide) groups is 1. The number of hydrogen-bond acceptors (Lipinski definition) is 4. The standard InChI is InChI=1S/C12H25N3O2S.ClH/c1-4-9(2)15-11(16)5-7-14-12(17)10(13)6-8-18-3;/h9-10H,4-8,13H2,1-3H3,(H,14,17)(H,15,16);1H/t9?,10-;/m0./s1. The van der Waals surface area contributed by atoms with Crippen molar-refractivity contribution in [1.82, 2.24) is 10.6 Å². The van der Waals surface area contributed by atoms with Gasteiger partial charge in [0.2, 0.25) is 11.8 Å². The van der Waals surface area contributed by atoms with E-state index in [1.54, 1.807) is 11.8 Å². The zero-order valence-electron chi connectivity index (χ0n) is 11.9. The highest BCUT2D eigenvalue weighted by Crippen LogP contribution is 1.98. The molecule has 0 aromatic carbocycles. The molecule has 2 atom stereocenters. The lowest BCUT2D eigenvalue weighted by atomic mass is 10.2. The molecule has 0 bridgehead atoms. The number of carbonyl (C=O) groups is 2. The molecule has 0 saturated carbocycles. The van der Waals surface area contributed by atoms with Crippen LogP contribution in [0, 0.1) is 0 Å². The number of rotatable bonds is 9. The van der Waals surface area contributed by atoms with E-state index in [0.29, 0.717) is 19.4 Å². The second-order valence-electron chi connectivity index (χ2n) is 4.31. The van der Waals surface area contributed by atoms with E-state index < -0.39 is 6.04 Å². The van der Waals surface area contributed by atoms with Gasteiger partial charge in [0.05, 0.1) is 6.04 Å². The highest BCUT2D eigenvalue weighted by molar-refractivity contribution is 7.98. The van der Waals surface area contributed by atoms with Gasteiger partial charge >= 0.3 is 0 Å². The van der Waals surface area contributed by atoms with E-state index in [2.05, 4.69) is 10.6 Å². The summed E-state index contributed by atoms with van der Waals surface area (Å²) in [4.78, 5) is 23.0. The summed E-state index contributed by atoms with van der Waals surface area (Å²) in [6.45, 7) is 4.31. The minimum atomic E-state index is -0.477. The summed E-state index contributed by atoms with van der Waals surface area (Å²) in [5, 5.41) is 5.52. The third kappa shape index (κ3) is 11.1. The van der Waals surface area contributed by atoms with Gasteiger partial charge in [-0.1, -0.05) is 6.92 Å². The van der Waals surface area contributed by atoms with Crippen molar-refractivity contribution < 1.29 is 9.59 Å². The van der Waals surface area contributed by atoms with Crippen LogP contribution in [0.5, 0.6) is 0 Å². The molecular weight excluding hydrogens is 286 g/mol. The Morgan fingerprint density at radius 3 is 2.53 bits per heavy atom. The molecule has 19 heavy (non-hydrogen) atoms. The summed E-state index contributed by atoms with van der Waals surface area (Å²) in [5.41, 5.74) is 5.70. The van der Waals surface area contributed by atoms with Crippen molar-refractivity contribution in [3.05, 3.63) is 0 Å². The fraction of sp³-hybridized carbons (Fsp3) is 0.833. The van der Waals surface area contributed by atoms with Crippen LogP contribution in [0.25, 0.3) is 0 Å². The van der Waals surface area contributed by atoms with Crippen LogP contribution >= 0.6 is 24.2 Å². The SMILES string of the molecule is CCC(C)NC(=O)CCNC(=O)[C@@H](N)CCSC.Cl. The molecule has 0 spiro atoms. The lowest BCUT2D eigenvalue weighted by molar-refractivity contribution is -0.123. The summed E-state index contributed by atoms with van der Waals surface area (Å²) in [6, 6.07) is -0.299. The fourth-order valence-electron chi connectivity index (χ4n) is 1.26. The highest BCUT2D eigenvalue weighted by atomic mass is 35.5. The normalized spacial score (nSPS) is 13.1. The highest BCUT2D eigenvalue weighted by Gasteiger charge is 2.12. The minimum Gasteiger partial charge on any atom is -0.354 e. The topological polar surface area (TPSA) is 84.2 Å². The predicted octanol–water partition coefficient (Wildman–Crippen LogP) is 0.910. The Labute approximate surface area is 126 Å². The van der Waals surface area contributed by atoms with E-state index >= 15 is 0 Å². The summed E-state index contributed by atoms with van der Waals surface area (Å²) in [5.74, 6) is 0.644. The zero-order chi connectivity index (χ0) is 14.0. The molecule has 1 unspecified atom stereocenters. The first-order valence-electron chi connectivity index (χ1n) is 6.32. The third-order valence-corrected chi connectivity index (χ3v) is 3.28. The lowest BCUT2D eigenvalue weighted by Crippen LogP contribution is -2.42. The van der Waals surface area contributed by atoms with Gasteiger partial charge in [0.25, 0.3) is 0 Å². The average molecular weight is 312 g/mol. The molecule has 5 nitrogen and oxygen atoms in total. The van der Waals surface area contributed by atoms with Crippen LogP contribution in [0.15, 0.2) is 0 Å². The Hall–Kier alpha value is -0.460. The molecule has 2 amide bonds. The van der Waals surface area contributed by atoms with Crippen LogP contribution in [-0.4, -0.2) is 42.5 Å². The number of nitrogens with one attached hydrogen (secondary N) is 2. The van der Waals surface area contributed by atoms with Gasteiger partial charge < -0.3 is 16.4 Å². The molecule has 0 aliphatic heterocycles. The first kappa shape index (κ1) is 20.8. The van der Waals surface area contributed by atoms with E-state index in [4.69, 9.17) is 5.73 Å². The van der Waals surface area contributed by atoms with Crippen molar-refractivity contribution >= 4 is 36.0 Å². The second-order valence-corrected chi connectivity index (χ2v) is 5.29. The molecular formula is C12H26ClN3O2S. The van der Waals surface area contributed by atoms with E-state index in [-0.39, 0.29) is 30.3 Å². The molecule has 0 aromatic heterocycles. The van der Waals surface area contributed by atoms with Gasteiger partial charge in [0, 0.05) is 19.0 Å².